The van der Waals surface area contributed by atoms with Gasteiger partial charge >= 0.3 is 7.60 Å². The molecule has 7 heteroatoms. The molecular weight excluding hydrogens is 332 g/mol. The summed E-state index contributed by atoms with van der Waals surface area (Å²) in [5.74, 6) is -1.03. The van der Waals surface area contributed by atoms with Crippen LogP contribution in [0.15, 0.2) is 60.0 Å². The minimum absolute atomic E-state index is 0.147. The lowest BCUT2D eigenvalue weighted by Gasteiger charge is -2.18. The third kappa shape index (κ3) is 4.17. The fourth-order valence-corrected chi connectivity index (χ4v) is 3.05. The van der Waals surface area contributed by atoms with Gasteiger partial charge in [-0.15, -0.1) is 0 Å². The topological polar surface area (TPSA) is 64.6 Å². The zero-order chi connectivity index (χ0) is 17.6. The van der Waals surface area contributed by atoms with Gasteiger partial charge in [0, 0.05) is 25.3 Å². The molecule has 1 N–H and O–H groups in total. The molecule has 0 bridgehead atoms. The van der Waals surface area contributed by atoms with Crippen molar-refractivity contribution in [3.05, 3.63) is 77.0 Å². The van der Waals surface area contributed by atoms with Gasteiger partial charge in [-0.05, 0) is 24.3 Å². The van der Waals surface area contributed by atoms with Crippen molar-refractivity contribution in [2.75, 3.05) is 14.2 Å². The Labute approximate surface area is 139 Å². The maximum Gasteiger partial charge on any atom is 0.376 e. The molecule has 24 heavy (non-hydrogen) atoms. The number of amides is 1. The molecule has 2 aromatic rings. The van der Waals surface area contributed by atoms with E-state index in [4.69, 9.17) is 9.05 Å². The van der Waals surface area contributed by atoms with E-state index < -0.39 is 19.3 Å². The molecular formula is C17H17FNO4P. The quantitative estimate of drug-likeness (QED) is 0.800. The van der Waals surface area contributed by atoms with E-state index in [9.17, 15) is 13.8 Å². The van der Waals surface area contributed by atoms with Gasteiger partial charge in [0.25, 0.3) is 5.91 Å². The molecule has 0 aromatic heterocycles. The second kappa shape index (κ2) is 8.02. The predicted octanol–water partition coefficient (Wildman–Crippen LogP) is 4.04. The SMILES string of the molecule is COP(=O)(OC)/C(=C\c1ccccc1F)NC(=O)c1ccccc1. The Hall–Kier alpha value is -2.27. The van der Waals surface area contributed by atoms with Crippen LogP contribution in [0, 0.1) is 5.82 Å². The molecule has 0 spiro atoms. The van der Waals surface area contributed by atoms with E-state index in [2.05, 4.69) is 5.32 Å². The molecule has 0 aliphatic heterocycles. The molecule has 1 amide bonds. The molecule has 2 aromatic carbocycles. The highest BCUT2D eigenvalue weighted by atomic mass is 31.2. The highest BCUT2D eigenvalue weighted by Crippen LogP contribution is 2.54. The van der Waals surface area contributed by atoms with E-state index in [1.54, 1.807) is 36.4 Å². The lowest BCUT2D eigenvalue weighted by molar-refractivity contribution is 0.0966. The third-order valence-corrected chi connectivity index (χ3v) is 5.04. The standard InChI is InChI=1S/C17H17FNO4P/c1-22-24(21,23-2)16(12-14-10-6-7-11-15(14)18)19-17(20)13-8-4-3-5-9-13/h3-12H,1-2H3,(H,19,20)/b16-12-. The summed E-state index contributed by atoms with van der Waals surface area (Å²) in [6, 6.07) is 14.2. The Balaban J connectivity index is 2.43. The monoisotopic (exact) mass is 349 g/mol. The number of carbonyl (C=O) groups is 1. The normalized spacial score (nSPS) is 12.0. The molecule has 5 nitrogen and oxygen atoms in total. The Morgan fingerprint density at radius 3 is 2.21 bits per heavy atom. The van der Waals surface area contributed by atoms with Crippen molar-refractivity contribution in [2.24, 2.45) is 0 Å². The van der Waals surface area contributed by atoms with Crippen LogP contribution in [-0.4, -0.2) is 20.1 Å². The van der Waals surface area contributed by atoms with E-state index in [0.29, 0.717) is 5.56 Å². The van der Waals surface area contributed by atoms with Crippen molar-refractivity contribution in [3.63, 3.8) is 0 Å². The number of carbonyl (C=O) groups excluding carboxylic acids is 1. The molecule has 0 radical (unpaired) electrons. The van der Waals surface area contributed by atoms with Crippen molar-refractivity contribution in [1.29, 1.82) is 0 Å². The number of halogens is 1. The maximum absolute atomic E-state index is 13.9. The van der Waals surface area contributed by atoms with Crippen molar-refractivity contribution in [1.82, 2.24) is 5.32 Å². The minimum Gasteiger partial charge on any atom is -0.315 e. The first-order valence-corrected chi connectivity index (χ1v) is 8.59. The minimum atomic E-state index is -3.79. The van der Waals surface area contributed by atoms with E-state index in [0.717, 1.165) is 0 Å². The van der Waals surface area contributed by atoms with Gasteiger partial charge in [0.05, 0.1) is 0 Å². The first-order valence-electron chi connectivity index (χ1n) is 7.05. The van der Waals surface area contributed by atoms with Gasteiger partial charge in [0.1, 0.15) is 11.3 Å². The summed E-state index contributed by atoms with van der Waals surface area (Å²) in [5, 5.41) is 2.49. The van der Waals surface area contributed by atoms with Crippen LogP contribution in [-0.2, 0) is 13.6 Å². The van der Waals surface area contributed by atoms with Crippen molar-refractivity contribution in [3.8, 4) is 0 Å². The van der Waals surface area contributed by atoms with Crippen LogP contribution in [0.5, 0.6) is 0 Å². The average molecular weight is 349 g/mol. The zero-order valence-corrected chi connectivity index (χ0v) is 14.1. The van der Waals surface area contributed by atoms with E-state index in [1.807, 2.05) is 0 Å². The van der Waals surface area contributed by atoms with Crippen LogP contribution in [0.2, 0.25) is 0 Å². The predicted molar refractivity (Wildman–Crippen MR) is 89.9 cm³/mol. The second-order valence-corrected chi connectivity index (χ2v) is 6.94. The molecule has 126 valence electrons. The Kier molecular flexibility index (Phi) is 6.04. The molecule has 0 atom stereocenters. The zero-order valence-electron chi connectivity index (χ0n) is 13.2. The molecule has 0 saturated carbocycles. The van der Waals surface area contributed by atoms with Crippen LogP contribution in [0.3, 0.4) is 0 Å². The number of benzene rings is 2. The van der Waals surface area contributed by atoms with E-state index in [1.165, 1.54) is 38.5 Å². The highest BCUT2D eigenvalue weighted by Gasteiger charge is 2.30. The summed E-state index contributed by atoms with van der Waals surface area (Å²) in [7, 11) is -1.41. The number of hydrogen-bond acceptors (Lipinski definition) is 4. The van der Waals surface area contributed by atoms with Crippen LogP contribution >= 0.6 is 7.60 Å². The van der Waals surface area contributed by atoms with Crippen LogP contribution in [0.25, 0.3) is 6.08 Å². The molecule has 0 aliphatic rings. The summed E-state index contributed by atoms with van der Waals surface area (Å²) in [5.41, 5.74) is 0.359. The van der Waals surface area contributed by atoms with Crippen molar-refractivity contribution < 1.29 is 22.8 Å². The molecule has 2 rings (SSSR count). The van der Waals surface area contributed by atoms with Crippen LogP contribution < -0.4 is 5.32 Å². The fourth-order valence-electron chi connectivity index (χ4n) is 1.97. The smallest absolute Gasteiger partial charge is 0.315 e. The molecule has 0 heterocycles. The third-order valence-electron chi connectivity index (χ3n) is 3.25. The largest absolute Gasteiger partial charge is 0.376 e. The Morgan fingerprint density at radius 2 is 1.62 bits per heavy atom. The molecule has 0 aliphatic carbocycles. The lowest BCUT2D eigenvalue weighted by Crippen LogP contribution is -2.23. The van der Waals surface area contributed by atoms with Crippen molar-refractivity contribution in [2.45, 2.75) is 0 Å². The van der Waals surface area contributed by atoms with Gasteiger partial charge in [0.2, 0.25) is 0 Å². The maximum atomic E-state index is 13.9. The summed E-state index contributed by atoms with van der Waals surface area (Å²) >= 11 is 0. The summed E-state index contributed by atoms with van der Waals surface area (Å²) in [6.45, 7) is 0. The number of rotatable bonds is 6. The van der Waals surface area contributed by atoms with Gasteiger partial charge in [-0.25, -0.2) is 4.39 Å². The van der Waals surface area contributed by atoms with Crippen molar-refractivity contribution >= 4 is 19.6 Å². The Morgan fingerprint density at radius 1 is 1.04 bits per heavy atom. The summed E-state index contributed by atoms with van der Waals surface area (Å²) in [6.07, 6.45) is 1.24. The van der Waals surface area contributed by atoms with Gasteiger partial charge < -0.3 is 14.4 Å². The second-order valence-electron chi connectivity index (χ2n) is 4.73. The average Bonchev–Trinajstić information content (AvgIpc) is 2.62. The van der Waals surface area contributed by atoms with Gasteiger partial charge in [-0.1, -0.05) is 36.4 Å². The molecule has 0 fully saturated rings. The lowest BCUT2D eigenvalue weighted by atomic mass is 10.2. The number of hydrogen-bond donors (Lipinski definition) is 1. The van der Waals surface area contributed by atoms with Gasteiger partial charge in [-0.2, -0.15) is 0 Å². The van der Waals surface area contributed by atoms with E-state index >= 15 is 0 Å². The highest BCUT2D eigenvalue weighted by molar-refractivity contribution is 7.58. The number of nitrogens with one attached hydrogen (secondary N) is 1. The van der Waals surface area contributed by atoms with Gasteiger partial charge in [0.15, 0.2) is 0 Å². The first-order chi connectivity index (χ1) is 11.5. The van der Waals surface area contributed by atoms with E-state index in [-0.39, 0.29) is 11.0 Å². The van der Waals surface area contributed by atoms with Crippen LogP contribution in [0.4, 0.5) is 4.39 Å². The van der Waals surface area contributed by atoms with Crippen LogP contribution in [0.1, 0.15) is 15.9 Å². The molecule has 0 unspecified atom stereocenters. The molecule has 0 saturated heterocycles. The summed E-state index contributed by atoms with van der Waals surface area (Å²) in [4.78, 5) is 12.3. The fraction of sp³-hybridized carbons (Fsp3) is 0.118. The first kappa shape index (κ1) is 18.1. The van der Waals surface area contributed by atoms with Gasteiger partial charge in [-0.3, -0.25) is 9.36 Å². The summed E-state index contributed by atoms with van der Waals surface area (Å²) < 4.78 is 36.4. The Bertz CT molecular complexity index is 784.